The van der Waals surface area contributed by atoms with E-state index in [9.17, 15) is 19.8 Å². The zero-order valence-electron chi connectivity index (χ0n) is 8.68. The molecule has 1 saturated heterocycles. The molecule has 8 nitrogen and oxygen atoms in total. The highest BCUT2D eigenvalue weighted by Gasteiger charge is 2.44. The summed E-state index contributed by atoms with van der Waals surface area (Å²) < 4.78 is 5.73. The highest BCUT2D eigenvalue weighted by molar-refractivity contribution is 4.93. The molecule has 0 spiro atoms. The van der Waals surface area contributed by atoms with Gasteiger partial charge in [0.2, 0.25) is 0 Å². The second kappa shape index (κ2) is 4.41. The summed E-state index contributed by atoms with van der Waals surface area (Å²) in [5.41, 5.74) is -1.42. The van der Waals surface area contributed by atoms with Crippen molar-refractivity contribution < 1.29 is 20.1 Å². The van der Waals surface area contributed by atoms with Gasteiger partial charge in [0, 0.05) is 12.3 Å². The fraction of sp³-hybridized carbons (Fsp3) is 0.556. The SMILES string of the molecule is O=c1cc[nH]c(=O)n1[C@H]1O[C@@H](CO)[C@H](O)[C@H]1O. The van der Waals surface area contributed by atoms with Gasteiger partial charge in [-0.3, -0.25) is 4.79 Å². The van der Waals surface area contributed by atoms with Crippen molar-refractivity contribution in [3.63, 3.8) is 0 Å². The number of aliphatic hydroxyl groups is 3. The van der Waals surface area contributed by atoms with Gasteiger partial charge in [-0.05, 0) is 0 Å². The van der Waals surface area contributed by atoms with Crippen molar-refractivity contribution in [1.29, 1.82) is 0 Å². The Labute approximate surface area is 94.7 Å². The second-order valence-electron chi connectivity index (χ2n) is 3.72. The molecule has 8 heteroatoms. The molecular formula is C9H12N2O6. The Bertz CT molecular complexity index is 480. The number of hydrogen-bond donors (Lipinski definition) is 4. The van der Waals surface area contributed by atoms with Crippen LogP contribution in [0.15, 0.2) is 21.9 Å². The Hall–Kier alpha value is -1.48. The summed E-state index contributed by atoms with van der Waals surface area (Å²) in [6.45, 7) is -0.520. The van der Waals surface area contributed by atoms with Crippen molar-refractivity contribution in [2.45, 2.75) is 24.5 Å². The third-order valence-electron chi connectivity index (χ3n) is 2.66. The average Bonchev–Trinajstić information content (AvgIpc) is 2.57. The summed E-state index contributed by atoms with van der Waals surface area (Å²) in [5.74, 6) is 0. The molecule has 1 fully saturated rings. The molecule has 2 rings (SSSR count). The van der Waals surface area contributed by atoms with Crippen LogP contribution in [0.25, 0.3) is 0 Å². The standard InChI is InChI=1S/C9H12N2O6/c12-3-4-6(14)7(15)8(17-4)11-5(13)1-2-10-9(11)16/h1-2,4,6-8,12,14-15H,3H2,(H,10,16)/t4-,6-,7+,8-/m0/s1. The summed E-state index contributed by atoms with van der Waals surface area (Å²) in [6, 6.07) is 1.09. The molecule has 1 aromatic rings. The first-order valence-corrected chi connectivity index (χ1v) is 4.99. The van der Waals surface area contributed by atoms with Gasteiger partial charge < -0.3 is 25.0 Å². The van der Waals surface area contributed by atoms with Crippen LogP contribution in [0, 0.1) is 0 Å². The Kier molecular flexibility index (Phi) is 3.11. The number of nitrogens with zero attached hydrogens (tertiary/aromatic N) is 1. The van der Waals surface area contributed by atoms with Crippen molar-refractivity contribution in [1.82, 2.24) is 9.55 Å². The summed E-state index contributed by atoms with van der Waals surface area (Å²) in [4.78, 5) is 25.2. The Morgan fingerprint density at radius 2 is 2.06 bits per heavy atom. The van der Waals surface area contributed by atoms with Crippen LogP contribution in [-0.2, 0) is 4.74 Å². The third-order valence-corrected chi connectivity index (χ3v) is 2.66. The third kappa shape index (κ3) is 1.91. The molecule has 17 heavy (non-hydrogen) atoms. The molecule has 2 heterocycles. The number of aliphatic hydroxyl groups excluding tert-OH is 3. The zero-order valence-corrected chi connectivity index (χ0v) is 8.68. The topological polar surface area (TPSA) is 125 Å². The van der Waals surface area contributed by atoms with Crippen molar-refractivity contribution in [2.75, 3.05) is 6.61 Å². The van der Waals surface area contributed by atoms with Crippen LogP contribution in [-0.4, -0.2) is 49.8 Å². The molecular weight excluding hydrogens is 232 g/mol. The van der Waals surface area contributed by atoms with Crippen LogP contribution >= 0.6 is 0 Å². The van der Waals surface area contributed by atoms with Gasteiger partial charge in [-0.2, -0.15) is 0 Å². The van der Waals surface area contributed by atoms with Gasteiger partial charge in [0.05, 0.1) is 6.61 Å². The molecule has 1 aliphatic rings. The van der Waals surface area contributed by atoms with Crippen LogP contribution < -0.4 is 11.2 Å². The predicted octanol–water partition coefficient (Wildman–Crippen LogP) is -2.85. The predicted molar refractivity (Wildman–Crippen MR) is 54.3 cm³/mol. The number of H-pyrrole nitrogens is 1. The van der Waals surface area contributed by atoms with E-state index in [1.54, 1.807) is 0 Å². The van der Waals surface area contributed by atoms with Crippen molar-refractivity contribution in [3.8, 4) is 0 Å². The lowest BCUT2D eigenvalue weighted by Crippen LogP contribution is -2.42. The van der Waals surface area contributed by atoms with Gasteiger partial charge in [0.25, 0.3) is 5.56 Å². The number of hydrogen-bond acceptors (Lipinski definition) is 6. The molecule has 0 aromatic carbocycles. The fourth-order valence-electron chi connectivity index (χ4n) is 1.77. The van der Waals surface area contributed by atoms with Crippen molar-refractivity contribution in [2.24, 2.45) is 0 Å². The van der Waals surface area contributed by atoms with E-state index in [2.05, 4.69) is 4.98 Å². The Morgan fingerprint density at radius 3 is 2.59 bits per heavy atom. The summed E-state index contributed by atoms with van der Waals surface area (Å²) >= 11 is 0. The maximum atomic E-state index is 11.5. The summed E-state index contributed by atoms with van der Waals surface area (Å²) in [5, 5.41) is 28.1. The molecule has 0 bridgehead atoms. The van der Waals surface area contributed by atoms with Crippen molar-refractivity contribution >= 4 is 0 Å². The molecule has 1 aliphatic heterocycles. The maximum absolute atomic E-state index is 11.5. The number of aromatic amines is 1. The highest BCUT2D eigenvalue weighted by atomic mass is 16.6. The maximum Gasteiger partial charge on any atom is 0.330 e. The lowest BCUT2D eigenvalue weighted by molar-refractivity contribution is -0.0564. The lowest BCUT2D eigenvalue weighted by Gasteiger charge is -2.15. The lowest BCUT2D eigenvalue weighted by atomic mass is 10.1. The summed E-state index contributed by atoms with van der Waals surface area (Å²) in [7, 11) is 0. The van der Waals surface area contributed by atoms with Gasteiger partial charge in [-0.15, -0.1) is 0 Å². The Balaban J connectivity index is 2.42. The molecule has 4 N–H and O–H groups in total. The van der Waals surface area contributed by atoms with E-state index in [1.807, 2.05) is 0 Å². The van der Waals surface area contributed by atoms with E-state index in [1.165, 1.54) is 6.20 Å². The normalized spacial score (nSPS) is 32.9. The zero-order chi connectivity index (χ0) is 12.6. The monoisotopic (exact) mass is 244 g/mol. The van der Waals surface area contributed by atoms with Gasteiger partial charge in [0.15, 0.2) is 6.23 Å². The smallest absolute Gasteiger partial charge is 0.330 e. The number of nitrogens with one attached hydrogen (secondary N) is 1. The Morgan fingerprint density at radius 1 is 1.35 bits per heavy atom. The molecule has 1 aromatic heterocycles. The number of aromatic nitrogens is 2. The van der Waals surface area contributed by atoms with Crippen LogP contribution in [0.3, 0.4) is 0 Å². The molecule has 0 aliphatic carbocycles. The quantitative estimate of drug-likeness (QED) is 0.444. The van der Waals surface area contributed by atoms with Gasteiger partial charge in [-0.25, -0.2) is 9.36 Å². The molecule has 0 amide bonds. The van der Waals surface area contributed by atoms with Gasteiger partial charge >= 0.3 is 5.69 Å². The summed E-state index contributed by atoms with van der Waals surface area (Å²) in [6.07, 6.45) is -3.96. The number of rotatable bonds is 2. The first-order valence-electron chi connectivity index (χ1n) is 4.99. The van der Waals surface area contributed by atoms with E-state index in [0.29, 0.717) is 4.57 Å². The molecule has 0 saturated carbocycles. The van der Waals surface area contributed by atoms with Gasteiger partial charge in [-0.1, -0.05) is 0 Å². The van der Waals surface area contributed by atoms with Crippen LogP contribution in [0.1, 0.15) is 6.23 Å². The molecule has 0 radical (unpaired) electrons. The second-order valence-corrected chi connectivity index (χ2v) is 3.72. The molecule has 4 atom stereocenters. The van der Waals surface area contributed by atoms with Crippen LogP contribution in [0.2, 0.25) is 0 Å². The number of ether oxygens (including phenoxy) is 1. The first-order chi connectivity index (χ1) is 8.06. The van der Waals surface area contributed by atoms with Crippen molar-refractivity contribution in [3.05, 3.63) is 33.1 Å². The minimum absolute atomic E-state index is 0.520. The molecule has 0 unspecified atom stereocenters. The fourth-order valence-corrected chi connectivity index (χ4v) is 1.77. The minimum atomic E-state index is -1.45. The minimum Gasteiger partial charge on any atom is -0.394 e. The van der Waals surface area contributed by atoms with Gasteiger partial charge in [0.1, 0.15) is 18.3 Å². The van der Waals surface area contributed by atoms with Crippen LogP contribution in [0.5, 0.6) is 0 Å². The van der Waals surface area contributed by atoms with E-state index < -0.39 is 42.4 Å². The van der Waals surface area contributed by atoms with E-state index in [-0.39, 0.29) is 0 Å². The van der Waals surface area contributed by atoms with Crippen LogP contribution in [0.4, 0.5) is 0 Å². The average molecular weight is 244 g/mol. The largest absolute Gasteiger partial charge is 0.394 e. The van der Waals surface area contributed by atoms with E-state index >= 15 is 0 Å². The molecule has 94 valence electrons. The van der Waals surface area contributed by atoms with E-state index in [4.69, 9.17) is 9.84 Å². The first kappa shape index (κ1) is 12.0. The highest BCUT2D eigenvalue weighted by Crippen LogP contribution is 2.26. The van der Waals surface area contributed by atoms with E-state index in [0.717, 1.165) is 6.07 Å².